The highest BCUT2D eigenvalue weighted by Gasteiger charge is 2.16. The lowest BCUT2D eigenvalue weighted by atomic mass is 9.99. The summed E-state index contributed by atoms with van der Waals surface area (Å²) < 4.78 is 16.7. The first-order valence-corrected chi connectivity index (χ1v) is 13.1. The molecule has 0 unspecified atom stereocenters. The van der Waals surface area contributed by atoms with Crippen molar-refractivity contribution in [3.63, 3.8) is 0 Å². The summed E-state index contributed by atoms with van der Waals surface area (Å²) in [6.45, 7) is 13.6. The number of hydrogen-bond donors (Lipinski definition) is 2. The molecule has 0 saturated carbocycles. The number of carbonyl (C=O) groups is 2. The predicted octanol–water partition coefficient (Wildman–Crippen LogP) is 7.18. The van der Waals surface area contributed by atoms with Crippen molar-refractivity contribution in [2.45, 2.75) is 79.9 Å². The van der Waals surface area contributed by atoms with E-state index in [2.05, 4.69) is 5.32 Å². The number of aliphatic hydroxyl groups excluding tert-OH is 1. The van der Waals surface area contributed by atoms with Gasteiger partial charge >= 0.3 is 12.1 Å². The number of nitrogens with one attached hydrogen (secondary N) is 1. The molecule has 7 nitrogen and oxygen atoms in total. The van der Waals surface area contributed by atoms with Gasteiger partial charge in [-0.2, -0.15) is 0 Å². The van der Waals surface area contributed by atoms with Crippen LogP contribution in [0.3, 0.4) is 0 Å². The van der Waals surface area contributed by atoms with Gasteiger partial charge in [-0.3, -0.25) is 4.79 Å². The zero-order chi connectivity index (χ0) is 28.3. The maximum Gasteiger partial charge on any atom is 0.407 e. The van der Waals surface area contributed by atoms with E-state index in [1.54, 1.807) is 6.92 Å². The summed E-state index contributed by atoms with van der Waals surface area (Å²) in [5, 5.41) is 13.6. The van der Waals surface area contributed by atoms with E-state index in [4.69, 9.17) is 14.2 Å². The van der Waals surface area contributed by atoms with Gasteiger partial charge in [0.25, 0.3) is 0 Å². The predicted molar refractivity (Wildman–Crippen MR) is 150 cm³/mol. The third kappa shape index (κ3) is 9.96. The minimum atomic E-state index is -0.580. The van der Waals surface area contributed by atoms with Crippen molar-refractivity contribution in [3.8, 4) is 5.75 Å². The molecular formula is C31H41NO6. The van der Waals surface area contributed by atoms with E-state index in [1.807, 2.05) is 90.1 Å². The van der Waals surface area contributed by atoms with Gasteiger partial charge in [0.2, 0.25) is 0 Å². The van der Waals surface area contributed by atoms with Crippen LogP contribution in [0.25, 0.3) is 5.57 Å². The third-order valence-electron chi connectivity index (χ3n) is 5.47. The molecule has 0 bridgehead atoms. The molecule has 0 saturated heterocycles. The van der Waals surface area contributed by atoms with E-state index < -0.39 is 11.7 Å². The summed E-state index contributed by atoms with van der Waals surface area (Å²) in [7, 11) is 0. The highest BCUT2D eigenvalue weighted by Crippen LogP contribution is 2.28. The van der Waals surface area contributed by atoms with Crippen LogP contribution < -0.4 is 10.1 Å². The zero-order valence-corrected chi connectivity index (χ0v) is 23.6. The van der Waals surface area contributed by atoms with Crippen molar-refractivity contribution in [1.29, 1.82) is 0 Å². The zero-order valence-electron chi connectivity index (χ0n) is 23.6. The van der Waals surface area contributed by atoms with Gasteiger partial charge in [0.1, 0.15) is 17.1 Å². The van der Waals surface area contributed by atoms with Gasteiger partial charge in [-0.25, -0.2) is 4.79 Å². The second kappa shape index (κ2) is 14.3. The molecule has 2 N–H and O–H groups in total. The number of allylic oxidation sites excluding steroid dienone is 4. The Bertz CT molecular complexity index is 1170. The van der Waals surface area contributed by atoms with Crippen LogP contribution in [0.2, 0.25) is 0 Å². The van der Waals surface area contributed by atoms with Crippen molar-refractivity contribution >= 4 is 17.6 Å². The average Bonchev–Trinajstić information content (AvgIpc) is 2.85. The Morgan fingerprint density at radius 1 is 1.03 bits per heavy atom. The van der Waals surface area contributed by atoms with Crippen LogP contribution in [0.1, 0.15) is 76.6 Å². The fourth-order valence-electron chi connectivity index (χ4n) is 3.68. The lowest BCUT2D eigenvalue weighted by Crippen LogP contribution is -2.32. The molecule has 0 atom stereocenters. The number of amides is 1. The van der Waals surface area contributed by atoms with Gasteiger partial charge in [0.15, 0.2) is 0 Å². The summed E-state index contributed by atoms with van der Waals surface area (Å²) >= 11 is 0. The largest absolute Gasteiger partial charge is 0.512 e. The summed E-state index contributed by atoms with van der Waals surface area (Å²) in [6.07, 6.45) is 2.44. The second-order valence-corrected chi connectivity index (χ2v) is 9.93. The molecule has 1 amide bonds. The van der Waals surface area contributed by atoms with E-state index in [0.717, 1.165) is 22.3 Å². The molecule has 0 aliphatic rings. The number of carbonyl (C=O) groups excluding carboxylic acids is 2. The van der Waals surface area contributed by atoms with Crippen molar-refractivity contribution in [2.75, 3.05) is 6.61 Å². The fourth-order valence-corrected chi connectivity index (χ4v) is 3.68. The van der Waals surface area contributed by atoms with Crippen LogP contribution in [-0.2, 0) is 27.2 Å². The number of benzene rings is 2. The maximum atomic E-state index is 12.2. The summed E-state index contributed by atoms with van der Waals surface area (Å²) in [5.74, 6) is 1.10. The number of ether oxygens (including phenoxy) is 3. The maximum absolute atomic E-state index is 12.2. The van der Waals surface area contributed by atoms with Crippen LogP contribution >= 0.6 is 0 Å². The minimum absolute atomic E-state index is 0.109. The number of aliphatic hydroxyl groups is 1. The lowest BCUT2D eigenvalue weighted by molar-refractivity contribution is -0.142. The summed E-state index contributed by atoms with van der Waals surface area (Å²) in [5.41, 5.74) is 3.45. The van der Waals surface area contributed by atoms with E-state index >= 15 is 0 Å². The van der Waals surface area contributed by atoms with E-state index in [0.29, 0.717) is 36.5 Å². The molecule has 206 valence electrons. The molecule has 7 heteroatoms. The minimum Gasteiger partial charge on any atom is -0.512 e. The Hall–Kier alpha value is -3.74. The van der Waals surface area contributed by atoms with E-state index in [9.17, 15) is 14.7 Å². The van der Waals surface area contributed by atoms with Crippen molar-refractivity contribution in [1.82, 2.24) is 5.32 Å². The average molecular weight is 524 g/mol. The first kappa shape index (κ1) is 30.5. The summed E-state index contributed by atoms with van der Waals surface area (Å²) in [4.78, 5) is 24.2. The molecule has 0 fully saturated rings. The molecule has 0 aromatic heterocycles. The standard InChI is InChI=1S/C31H41NO6/c1-8-25(37-28-15-14-21(4)16-24(28)18-29(34)36-10-3)19-26(27(33)9-2)23-13-11-12-22(17-23)20-32-30(35)38-31(5,6)7/h11-17,19,33H,8-10,18,20H2,1-7H3,(H,32,35)/b25-19+,27-26-. The normalized spacial score (nSPS) is 12.4. The highest BCUT2D eigenvalue weighted by atomic mass is 16.6. The molecule has 0 spiro atoms. The van der Waals surface area contributed by atoms with Crippen LogP contribution in [0.15, 0.2) is 60.1 Å². The first-order chi connectivity index (χ1) is 17.9. The number of aryl methyl sites for hydroxylation is 1. The number of rotatable bonds is 11. The van der Waals surface area contributed by atoms with Gasteiger partial charge in [-0.05, 0) is 64.0 Å². The Morgan fingerprint density at radius 3 is 2.39 bits per heavy atom. The van der Waals surface area contributed by atoms with Gasteiger partial charge in [0.05, 0.1) is 18.8 Å². The highest BCUT2D eigenvalue weighted by molar-refractivity contribution is 5.77. The quantitative estimate of drug-likeness (QED) is 0.184. The SMILES string of the molecule is CCOC(=O)Cc1cc(C)ccc1O/C(=C/C(=C(/O)CC)c1cccc(CNC(=O)OC(C)(C)C)c1)CC. The Balaban J connectivity index is 2.34. The molecule has 0 aliphatic heterocycles. The Morgan fingerprint density at radius 2 is 1.76 bits per heavy atom. The molecule has 2 rings (SSSR count). The fraction of sp³-hybridized carbons (Fsp3) is 0.419. The molecule has 2 aromatic rings. The lowest BCUT2D eigenvalue weighted by Gasteiger charge is -2.19. The molecule has 0 aliphatic carbocycles. The third-order valence-corrected chi connectivity index (χ3v) is 5.47. The monoisotopic (exact) mass is 523 g/mol. The topological polar surface area (TPSA) is 94.1 Å². The molecule has 0 heterocycles. The number of alkyl carbamates (subject to hydrolysis) is 1. The first-order valence-electron chi connectivity index (χ1n) is 13.1. The molecule has 38 heavy (non-hydrogen) atoms. The second-order valence-electron chi connectivity index (χ2n) is 9.93. The van der Waals surface area contributed by atoms with Gasteiger partial charge in [-0.1, -0.05) is 49.7 Å². The van der Waals surface area contributed by atoms with Crippen molar-refractivity contribution in [2.24, 2.45) is 0 Å². The van der Waals surface area contributed by atoms with Crippen LogP contribution in [0.5, 0.6) is 5.75 Å². The van der Waals surface area contributed by atoms with E-state index in [1.165, 1.54) is 0 Å². The van der Waals surface area contributed by atoms with Crippen LogP contribution in [0.4, 0.5) is 4.79 Å². The molecule has 0 radical (unpaired) electrons. The van der Waals surface area contributed by atoms with E-state index in [-0.39, 0.29) is 24.7 Å². The number of esters is 1. The summed E-state index contributed by atoms with van der Waals surface area (Å²) in [6, 6.07) is 13.3. The van der Waals surface area contributed by atoms with Crippen LogP contribution in [0, 0.1) is 6.92 Å². The van der Waals surface area contributed by atoms with Gasteiger partial charge in [-0.15, -0.1) is 0 Å². The van der Waals surface area contributed by atoms with Crippen LogP contribution in [-0.4, -0.2) is 29.4 Å². The van der Waals surface area contributed by atoms with Gasteiger partial charge in [0, 0.05) is 30.5 Å². The smallest absolute Gasteiger partial charge is 0.407 e. The number of hydrogen-bond acceptors (Lipinski definition) is 6. The van der Waals surface area contributed by atoms with Crippen molar-refractivity contribution < 1.29 is 28.9 Å². The van der Waals surface area contributed by atoms with Gasteiger partial charge < -0.3 is 24.6 Å². The molecule has 2 aromatic carbocycles. The van der Waals surface area contributed by atoms with Crippen molar-refractivity contribution in [3.05, 3.63) is 82.3 Å². The Kier molecular flexibility index (Phi) is 11.4. The molecular weight excluding hydrogens is 482 g/mol. The Labute approximate surface area is 226 Å².